The van der Waals surface area contributed by atoms with Gasteiger partial charge in [0, 0.05) is 12.6 Å². The fourth-order valence-electron chi connectivity index (χ4n) is 2.30. The Morgan fingerprint density at radius 2 is 2.11 bits per heavy atom. The first-order valence-electron chi connectivity index (χ1n) is 7.03. The Balaban J connectivity index is 1.94. The number of para-hydroxylation sites is 1. The molecule has 0 spiro atoms. The SMILES string of the molecule is CCOC1CC(Nc2cccc(OC(C)C)c2N)C1. The lowest BCUT2D eigenvalue weighted by Gasteiger charge is -2.36. The third-order valence-electron chi connectivity index (χ3n) is 3.29. The van der Waals surface area contributed by atoms with Gasteiger partial charge in [-0.1, -0.05) is 6.07 Å². The quantitative estimate of drug-likeness (QED) is 0.775. The van der Waals surface area contributed by atoms with Gasteiger partial charge in [-0.25, -0.2) is 0 Å². The number of ether oxygens (including phenoxy) is 2. The van der Waals surface area contributed by atoms with Crippen molar-refractivity contribution in [2.75, 3.05) is 17.7 Å². The molecule has 0 atom stereocenters. The Hall–Kier alpha value is -1.42. The Labute approximate surface area is 115 Å². The molecule has 19 heavy (non-hydrogen) atoms. The smallest absolute Gasteiger partial charge is 0.144 e. The number of nitrogens with two attached hydrogens (primary N) is 1. The first-order chi connectivity index (χ1) is 9.10. The topological polar surface area (TPSA) is 56.5 Å². The van der Waals surface area contributed by atoms with Crippen LogP contribution < -0.4 is 15.8 Å². The monoisotopic (exact) mass is 264 g/mol. The van der Waals surface area contributed by atoms with E-state index in [4.69, 9.17) is 15.2 Å². The van der Waals surface area contributed by atoms with Gasteiger partial charge < -0.3 is 20.5 Å². The van der Waals surface area contributed by atoms with Gasteiger partial charge in [-0.15, -0.1) is 0 Å². The van der Waals surface area contributed by atoms with Crippen molar-refractivity contribution in [1.82, 2.24) is 0 Å². The molecule has 4 heteroatoms. The maximum Gasteiger partial charge on any atom is 0.144 e. The number of nitrogen functional groups attached to an aromatic ring is 1. The van der Waals surface area contributed by atoms with Crippen molar-refractivity contribution in [2.45, 2.75) is 51.9 Å². The molecule has 1 saturated carbocycles. The molecule has 1 fully saturated rings. The predicted molar refractivity (Wildman–Crippen MR) is 78.7 cm³/mol. The van der Waals surface area contributed by atoms with E-state index in [9.17, 15) is 0 Å². The van der Waals surface area contributed by atoms with E-state index in [1.54, 1.807) is 0 Å². The predicted octanol–water partition coefficient (Wildman–Crippen LogP) is 3.04. The van der Waals surface area contributed by atoms with E-state index in [0.717, 1.165) is 30.9 Å². The lowest BCUT2D eigenvalue weighted by Crippen LogP contribution is -2.40. The number of hydrogen-bond acceptors (Lipinski definition) is 4. The average molecular weight is 264 g/mol. The summed E-state index contributed by atoms with van der Waals surface area (Å²) in [5.74, 6) is 0.751. The highest BCUT2D eigenvalue weighted by Crippen LogP contribution is 2.34. The minimum absolute atomic E-state index is 0.128. The minimum atomic E-state index is 0.128. The van der Waals surface area contributed by atoms with Crippen LogP contribution in [0.1, 0.15) is 33.6 Å². The number of anilines is 2. The largest absolute Gasteiger partial charge is 0.489 e. The van der Waals surface area contributed by atoms with Gasteiger partial charge in [0.2, 0.25) is 0 Å². The van der Waals surface area contributed by atoms with E-state index in [0.29, 0.717) is 17.8 Å². The van der Waals surface area contributed by atoms with Gasteiger partial charge in [0.15, 0.2) is 0 Å². The van der Waals surface area contributed by atoms with E-state index < -0.39 is 0 Å². The van der Waals surface area contributed by atoms with E-state index in [-0.39, 0.29) is 6.10 Å². The third kappa shape index (κ3) is 3.53. The second-order valence-corrected chi connectivity index (χ2v) is 5.27. The summed E-state index contributed by atoms with van der Waals surface area (Å²) in [6, 6.07) is 6.32. The van der Waals surface area contributed by atoms with Crippen molar-refractivity contribution in [3.63, 3.8) is 0 Å². The zero-order chi connectivity index (χ0) is 13.8. The molecule has 1 aliphatic carbocycles. The van der Waals surface area contributed by atoms with Gasteiger partial charge >= 0.3 is 0 Å². The standard InChI is InChI=1S/C15H24N2O2/c1-4-18-12-8-11(9-12)17-13-6-5-7-14(15(13)16)19-10(2)3/h5-7,10-12,17H,4,8-9,16H2,1-3H3. The number of benzene rings is 1. The Morgan fingerprint density at radius 3 is 2.74 bits per heavy atom. The van der Waals surface area contributed by atoms with Crippen molar-refractivity contribution >= 4 is 11.4 Å². The van der Waals surface area contributed by atoms with E-state index in [2.05, 4.69) is 5.32 Å². The van der Waals surface area contributed by atoms with Crippen molar-refractivity contribution in [2.24, 2.45) is 0 Å². The van der Waals surface area contributed by atoms with Gasteiger partial charge in [0.1, 0.15) is 5.75 Å². The Bertz CT molecular complexity index is 415. The summed E-state index contributed by atoms with van der Waals surface area (Å²) in [5, 5.41) is 3.46. The summed E-state index contributed by atoms with van der Waals surface area (Å²) >= 11 is 0. The molecule has 0 radical (unpaired) electrons. The Kier molecular flexibility index (Phi) is 4.53. The summed E-state index contributed by atoms with van der Waals surface area (Å²) < 4.78 is 11.2. The van der Waals surface area contributed by atoms with Crippen LogP contribution in [-0.2, 0) is 4.74 Å². The molecule has 0 saturated heterocycles. The van der Waals surface area contributed by atoms with E-state index >= 15 is 0 Å². The lowest BCUT2D eigenvalue weighted by molar-refractivity contribution is 0.00300. The molecule has 0 amide bonds. The van der Waals surface area contributed by atoms with Crippen LogP contribution in [0.5, 0.6) is 5.75 Å². The molecular formula is C15H24N2O2. The zero-order valence-electron chi connectivity index (χ0n) is 12.0. The second kappa shape index (κ2) is 6.15. The van der Waals surface area contributed by atoms with Gasteiger partial charge in [0.05, 0.1) is 23.6 Å². The van der Waals surface area contributed by atoms with Crippen molar-refractivity contribution in [3.8, 4) is 5.75 Å². The fraction of sp³-hybridized carbons (Fsp3) is 0.600. The summed E-state index contributed by atoms with van der Waals surface area (Å²) in [5.41, 5.74) is 7.78. The van der Waals surface area contributed by atoms with Crippen LogP contribution in [0.25, 0.3) is 0 Å². The highest BCUT2D eigenvalue weighted by atomic mass is 16.5. The van der Waals surface area contributed by atoms with Crippen LogP contribution in [0.2, 0.25) is 0 Å². The fourth-order valence-corrected chi connectivity index (χ4v) is 2.30. The molecule has 2 rings (SSSR count). The molecule has 1 aromatic rings. The average Bonchev–Trinajstić information content (AvgIpc) is 2.30. The normalized spacial score (nSPS) is 22.1. The van der Waals surface area contributed by atoms with Crippen LogP contribution in [0.4, 0.5) is 11.4 Å². The highest BCUT2D eigenvalue weighted by Gasteiger charge is 2.29. The molecule has 4 nitrogen and oxygen atoms in total. The molecule has 1 aliphatic rings. The van der Waals surface area contributed by atoms with Crippen LogP contribution in [-0.4, -0.2) is 24.9 Å². The number of rotatable bonds is 6. The lowest BCUT2D eigenvalue weighted by atomic mass is 9.89. The van der Waals surface area contributed by atoms with Crippen molar-refractivity contribution in [3.05, 3.63) is 18.2 Å². The van der Waals surface area contributed by atoms with Crippen molar-refractivity contribution < 1.29 is 9.47 Å². The second-order valence-electron chi connectivity index (χ2n) is 5.27. The summed E-state index contributed by atoms with van der Waals surface area (Å²) in [6.45, 7) is 6.82. The summed E-state index contributed by atoms with van der Waals surface area (Å²) in [4.78, 5) is 0. The van der Waals surface area contributed by atoms with Gasteiger partial charge in [-0.2, -0.15) is 0 Å². The van der Waals surface area contributed by atoms with Crippen LogP contribution in [0.15, 0.2) is 18.2 Å². The minimum Gasteiger partial charge on any atom is -0.489 e. The third-order valence-corrected chi connectivity index (χ3v) is 3.29. The molecule has 0 unspecified atom stereocenters. The van der Waals surface area contributed by atoms with E-state index in [1.807, 2.05) is 39.0 Å². The molecule has 106 valence electrons. The highest BCUT2D eigenvalue weighted by molar-refractivity contribution is 5.73. The van der Waals surface area contributed by atoms with Crippen LogP contribution >= 0.6 is 0 Å². The molecule has 0 aliphatic heterocycles. The van der Waals surface area contributed by atoms with Crippen LogP contribution in [0, 0.1) is 0 Å². The summed E-state index contributed by atoms with van der Waals surface area (Å²) in [7, 11) is 0. The van der Waals surface area contributed by atoms with Crippen molar-refractivity contribution in [1.29, 1.82) is 0 Å². The Morgan fingerprint density at radius 1 is 1.37 bits per heavy atom. The zero-order valence-corrected chi connectivity index (χ0v) is 12.0. The van der Waals surface area contributed by atoms with Gasteiger partial charge in [-0.3, -0.25) is 0 Å². The van der Waals surface area contributed by atoms with E-state index in [1.165, 1.54) is 0 Å². The van der Waals surface area contributed by atoms with Crippen LogP contribution in [0.3, 0.4) is 0 Å². The molecule has 1 aromatic carbocycles. The first-order valence-corrected chi connectivity index (χ1v) is 7.03. The first kappa shape index (κ1) is 14.0. The van der Waals surface area contributed by atoms with Gasteiger partial charge in [0.25, 0.3) is 0 Å². The summed E-state index contributed by atoms with van der Waals surface area (Å²) in [6.07, 6.45) is 2.62. The molecule has 0 aromatic heterocycles. The molecular weight excluding hydrogens is 240 g/mol. The molecule has 0 heterocycles. The number of nitrogens with one attached hydrogen (secondary N) is 1. The maximum absolute atomic E-state index is 6.13. The molecule has 3 N–H and O–H groups in total. The maximum atomic E-state index is 6.13. The molecule has 0 bridgehead atoms. The van der Waals surface area contributed by atoms with Gasteiger partial charge in [-0.05, 0) is 45.7 Å². The number of hydrogen-bond donors (Lipinski definition) is 2.